The minimum atomic E-state index is 0.241. The SMILES string of the molecule is COc1ccc(CCNC(=S)N2CCCC(CO)C2)cc1OC. The van der Waals surface area contributed by atoms with Crippen molar-refractivity contribution >= 4 is 17.3 Å². The predicted octanol–water partition coefficient (Wildman–Crippen LogP) is 1.83. The third-order valence-corrected chi connectivity index (χ3v) is 4.60. The van der Waals surface area contributed by atoms with Gasteiger partial charge >= 0.3 is 0 Å². The molecule has 0 aliphatic carbocycles. The molecule has 128 valence electrons. The fourth-order valence-electron chi connectivity index (χ4n) is 2.86. The Bertz CT molecular complexity index is 525. The second kappa shape index (κ2) is 8.93. The lowest BCUT2D eigenvalue weighted by Gasteiger charge is -2.33. The first kappa shape index (κ1) is 17.8. The molecule has 1 atom stereocenters. The minimum absolute atomic E-state index is 0.241. The molecule has 0 amide bonds. The molecule has 2 rings (SSSR count). The third kappa shape index (κ3) is 4.97. The molecule has 0 bridgehead atoms. The van der Waals surface area contributed by atoms with E-state index in [1.807, 2.05) is 18.2 Å². The maximum atomic E-state index is 9.29. The van der Waals surface area contributed by atoms with Crippen LogP contribution in [0.2, 0.25) is 0 Å². The number of hydrogen-bond donors (Lipinski definition) is 2. The molecule has 1 aliphatic rings. The van der Waals surface area contributed by atoms with E-state index in [0.29, 0.717) is 5.92 Å². The molecule has 0 spiro atoms. The fourth-order valence-corrected chi connectivity index (χ4v) is 3.13. The quantitative estimate of drug-likeness (QED) is 0.772. The number of ether oxygens (including phenoxy) is 2. The van der Waals surface area contributed by atoms with Crippen molar-refractivity contribution in [3.8, 4) is 11.5 Å². The summed E-state index contributed by atoms with van der Waals surface area (Å²) in [6, 6.07) is 5.95. The predicted molar refractivity (Wildman–Crippen MR) is 95.2 cm³/mol. The van der Waals surface area contributed by atoms with Crippen molar-refractivity contribution in [2.24, 2.45) is 5.92 Å². The monoisotopic (exact) mass is 338 g/mol. The maximum Gasteiger partial charge on any atom is 0.168 e. The molecule has 0 radical (unpaired) electrons. The summed E-state index contributed by atoms with van der Waals surface area (Å²) in [5, 5.41) is 13.4. The maximum absolute atomic E-state index is 9.29. The van der Waals surface area contributed by atoms with Crippen molar-refractivity contribution in [1.29, 1.82) is 0 Å². The summed E-state index contributed by atoms with van der Waals surface area (Å²) in [6.07, 6.45) is 3.03. The van der Waals surface area contributed by atoms with Gasteiger partial charge in [0.25, 0.3) is 0 Å². The number of thiocarbonyl (C=S) groups is 1. The zero-order valence-corrected chi connectivity index (χ0v) is 14.7. The highest BCUT2D eigenvalue weighted by Gasteiger charge is 2.20. The molecule has 1 unspecified atom stereocenters. The summed E-state index contributed by atoms with van der Waals surface area (Å²) in [4.78, 5) is 2.16. The molecule has 1 heterocycles. The number of hydrogen-bond acceptors (Lipinski definition) is 4. The summed E-state index contributed by atoms with van der Waals surface area (Å²) >= 11 is 5.47. The first-order valence-corrected chi connectivity index (χ1v) is 8.43. The van der Waals surface area contributed by atoms with Crippen LogP contribution in [0.4, 0.5) is 0 Å². The van der Waals surface area contributed by atoms with Crippen LogP contribution in [0.15, 0.2) is 18.2 Å². The van der Waals surface area contributed by atoms with Crippen LogP contribution in [0.25, 0.3) is 0 Å². The van der Waals surface area contributed by atoms with E-state index in [0.717, 1.165) is 55.5 Å². The molecule has 1 aromatic rings. The molecular weight excluding hydrogens is 312 g/mol. The number of nitrogens with zero attached hydrogens (tertiary/aromatic N) is 1. The molecule has 23 heavy (non-hydrogen) atoms. The van der Waals surface area contributed by atoms with Gasteiger partial charge in [-0.05, 0) is 55.1 Å². The summed E-state index contributed by atoms with van der Waals surface area (Å²) in [5.74, 6) is 1.83. The molecule has 1 aliphatic heterocycles. The number of rotatable bonds is 6. The van der Waals surface area contributed by atoms with Gasteiger partial charge in [-0.2, -0.15) is 0 Å². The molecule has 1 aromatic carbocycles. The summed E-state index contributed by atoms with van der Waals surface area (Å²) in [5.41, 5.74) is 1.17. The zero-order valence-electron chi connectivity index (χ0n) is 13.9. The summed E-state index contributed by atoms with van der Waals surface area (Å²) in [6.45, 7) is 2.83. The Morgan fingerprint density at radius 3 is 2.83 bits per heavy atom. The Kier molecular flexibility index (Phi) is 6.92. The lowest BCUT2D eigenvalue weighted by Crippen LogP contribution is -2.46. The van der Waals surface area contributed by atoms with Gasteiger partial charge in [-0.3, -0.25) is 0 Å². The minimum Gasteiger partial charge on any atom is -0.493 e. The van der Waals surface area contributed by atoms with Crippen LogP contribution in [0.3, 0.4) is 0 Å². The standard InChI is InChI=1S/C17H26N2O3S/c1-21-15-6-5-13(10-16(15)22-2)7-8-18-17(23)19-9-3-4-14(11-19)12-20/h5-6,10,14,20H,3-4,7-9,11-12H2,1-2H3,(H,18,23). The smallest absolute Gasteiger partial charge is 0.168 e. The molecule has 0 aromatic heterocycles. The van der Waals surface area contributed by atoms with Crippen molar-refractivity contribution in [3.05, 3.63) is 23.8 Å². The van der Waals surface area contributed by atoms with Crippen LogP contribution < -0.4 is 14.8 Å². The fraction of sp³-hybridized carbons (Fsp3) is 0.588. The van der Waals surface area contributed by atoms with Gasteiger partial charge in [0.1, 0.15) is 0 Å². The normalized spacial score (nSPS) is 17.7. The Labute approximate surface area is 143 Å². The number of benzene rings is 1. The van der Waals surface area contributed by atoms with Gasteiger partial charge in [-0.1, -0.05) is 6.07 Å². The van der Waals surface area contributed by atoms with Crippen molar-refractivity contribution in [3.63, 3.8) is 0 Å². The van der Waals surface area contributed by atoms with E-state index in [9.17, 15) is 5.11 Å². The third-order valence-electron chi connectivity index (χ3n) is 4.20. The number of methoxy groups -OCH3 is 2. The molecule has 2 N–H and O–H groups in total. The van der Waals surface area contributed by atoms with Gasteiger partial charge in [-0.25, -0.2) is 0 Å². The van der Waals surface area contributed by atoms with Gasteiger partial charge < -0.3 is 24.8 Å². The Hall–Kier alpha value is -1.53. The molecular formula is C17H26N2O3S. The van der Waals surface area contributed by atoms with Gasteiger partial charge in [-0.15, -0.1) is 0 Å². The van der Waals surface area contributed by atoms with Crippen LogP contribution in [-0.2, 0) is 6.42 Å². The Balaban J connectivity index is 1.81. The van der Waals surface area contributed by atoms with E-state index >= 15 is 0 Å². The molecule has 1 saturated heterocycles. The molecule has 1 fully saturated rings. The largest absolute Gasteiger partial charge is 0.493 e. The lowest BCUT2D eigenvalue weighted by atomic mass is 9.99. The van der Waals surface area contributed by atoms with E-state index in [4.69, 9.17) is 21.7 Å². The second-order valence-corrected chi connectivity index (χ2v) is 6.19. The van der Waals surface area contributed by atoms with Gasteiger partial charge in [0.2, 0.25) is 0 Å². The first-order valence-electron chi connectivity index (χ1n) is 8.02. The zero-order chi connectivity index (χ0) is 16.7. The van der Waals surface area contributed by atoms with Crippen LogP contribution in [0.1, 0.15) is 18.4 Å². The number of aliphatic hydroxyl groups is 1. The highest BCUT2D eigenvalue weighted by molar-refractivity contribution is 7.80. The van der Waals surface area contributed by atoms with Crippen molar-refractivity contribution < 1.29 is 14.6 Å². The van der Waals surface area contributed by atoms with E-state index < -0.39 is 0 Å². The molecule has 0 saturated carbocycles. The van der Waals surface area contributed by atoms with Gasteiger partial charge in [0, 0.05) is 26.2 Å². The topological polar surface area (TPSA) is 54.0 Å². The van der Waals surface area contributed by atoms with Gasteiger partial charge in [0.15, 0.2) is 16.6 Å². The number of aliphatic hydroxyl groups excluding tert-OH is 1. The first-order chi connectivity index (χ1) is 11.2. The van der Waals surface area contributed by atoms with Crippen LogP contribution >= 0.6 is 12.2 Å². The highest BCUT2D eigenvalue weighted by Crippen LogP contribution is 2.27. The second-order valence-electron chi connectivity index (χ2n) is 5.81. The van der Waals surface area contributed by atoms with Gasteiger partial charge in [0.05, 0.1) is 14.2 Å². The Morgan fingerprint density at radius 2 is 2.13 bits per heavy atom. The van der Waals surface area contributed by atoms with Crippen molar-refractivity contribution in [1.82, 2.24) is 10.2 Å². The number of piperidine rings is 1. The van der Waals surface area contributed by atoms with E-state index in [-0.39, 0.29) is 6.61 Å². The molecule has 5 nitrogen and oxygen atoms in total. The van der Waals surface area contributed by atoms with Crippen LogP contribution in [-0.4, -0.2) is 55.6 Å². The highest BCUT2D eigenvalue weighted by atomic mass is 32.1. The van der Waals surface area contributed by atoms with E-state index in [2.05, 4.69) is 10.2 Å². The molecule has 6 heteroatoms. The average molecular weight is 338 g/mol. The average Bonchev–Trinajstić information content (AvgIpc) is 2.61. The number of nitrogens with one attached hydrogen (secondary N) is 1. The summed E-state index contributed by atoms with van der Waals surface area (Å²) < 4.78 is 10.6. The van der Waals surface area contributed by atoms with Crippen molar-refractivity contribution in [2.75, 3.05) is 40.5 Å². The van der Waals surface area contributed by atoms with Crippen molar-refractivity contribution in [2.45, 2.75) is 19.3 Å². The van der Waals surface area contributed by atoms with Crippen LogP contribution in [0.5, 0.6) is 11.5 Å². The lowest BCUT2D eigenvalue weighted by molar-refractivity contribution is 0.160. The van der Waals surface area contributed by atoms with E-state index in [1.54, 1.807) is 14.2 Å². The van der Waals surface area contributed by atoms with Crippen LogP contribution in [0, 0.1) is 5.92 Å². The number of likely N-dealkylation sites (tertiary alicyclic amines) is 1. The van der Waals surface area contributed by atoms with E-state index in [1.165, 1.54) is 5.56 Å². The summed E-state index contributed by atoms with van der Waals surface area (Å²) in [7, 11) is 3.28. The Morgan fingerprint density at radius 1 is 1.35 bits per heavy atom.